The average molecular weight is 278 g/mol. The topological polar surface area (TPSA) is 56.0 Å². The number of aromatic nitrogens is 1. The number of hydrogen-bond acceptors (Lipinski definition) is 4. The number of rotatable bonds is 5. The molecule has 2 N–H and O–H groups in total. The highest BCUT2D eigenvalue weighted by molar-refractivity contribution is 8.00. The quantitative estimate of drug-likeness (QED) is 0.856. The van der Waals surface area contributed by atoms with Gasteiger partial charge in [-0.05, 0) is 12.5 Å². The second-order valence-corrected chi connectivity index (χ2v) is 6.10. The van der Waals surface area contributed by atoms with Crippen LogP contribution in [0.15, 0.2) is 34.0 Å². The SMILES string of the molecule is Cc1ccc(CSc2nc(CC(N)=O)cs2)cc1. The Balaban J connectivity index is 1.92. The van der Waals surface area contributed by atoms with E-state index < -0.39 is 0 Å². The number of aryl methyl sites for hydroxylation is 1. The van der Waals surface area contributed by atoms with Crippen molar-refractivity contribution in [1.82, 2.24) is 4.98 Å². The Hall–Kier alpha value is -1.33. The van der Waals surface area contributed by atoms with Crippen molar-refractivity contribution in [2.75, 3.05) is 0 Å². The Morgan fingerprint density at radius 2 is 2.11 bits per heavy atom. The van der Waals surface area contributed by atoms with E-state index in [-0.39, 0.29) is 12.3 Å². The Labute approximate surface area is 114 Å². The first kappa shape index (κ1) is 13.1. The third-order valence-electron chi connectivity index (χ3n) is 2.37. The van der Waals surface area contributed by atoms with Gasteiger partial charge in [0.25, 0.3) is 0 Å². The van der Waals surface area contributed by atoms with Crippen LogP contribution in [0.3, 0.4) is 0 Å². The molecule has 2 aromatic rings. The Morgan fingerprint density at radius 3 is 2.78 bits per heavy atom. The lowest BCUT2D eigenvalue weighted by Crippen LogP contribution is -2.13. The molecule has 1 aromatic heterocycles. The van der Waals surface area contributed by atoms with Crippen molar-refractivity contribution in [3.05, 3.63) is 46.5 Å². The summed E-state index contributed by atoms with van der Waals surface area (Å²) in [6.45, 7) is 2.08. The molecule has 0 unspecified atom stereocenters. The van der Waals surface area contributed by atoms with Gasteiger partial charge in [0.05, 0.1) is 12.1 Å². The van der Waals surface area contributed by atoms with Gasteiger partial charge in [0.1, 0.15) is 4.34 Å². The maximum absolute atomic E-state index is 10.8. The summed E-state index contributed by atoms with van der Waals surface area (Å²) in [6, 6.07) is 8.47. The van der Waals surface area contributed by atoms with Gasteiger partial charge in [-0.3, -0.25) is 4.79 Å². The summed E-state index contributed by atoms with van der Waals surface area (Å²) in [5.41, 5.74) is 8.44. The predicted octanol–water partition coefficient (Wildman–Crippen LogP) is 2.77. The molecule has 0 atom stereocenters. The van der Waals surface area contributed by atoms with Gasteiger partial charge in [-0.2, -0.15) is 0 Å². The van der Waals surface area contributed by atoms with E-state index in [0.29, 0.717) is 0 Å². The second-order valence-electron chi connectivity index (χ2n) is 4.02. The highest BCUT2D eigenvalue weighted by Crippen LogP contribution is 2.26. The maximum Gasteiger partial charge on any atom is 0.223 e. The smallest absolute Gasteiger partial charge is 0.223 e. The molecule has 0 saturated heterocycles. The standard InChI is InChI=1S/C13H14N2OS2/c1-9-2-4-10(5-3-9)7-17-13-15-11(8-18-13)6-12(14)16/h2-5,8H,6-7H2,1H3,(H2,14,16). The van der Waals surface area contributed by atoms with Crippen molar-refractivity contribution in [1.29, 1.82) is 0 Å². The molecule has 3 nitrogen and oxygen atoms in total. The van der Waals surface area contributed by atoms with Crippen LogP contribution in [-0.4, -0.2) is 10.9 Å². The Kier molecular flexibility index (Phi) is 4.38. The van der Waals surface area contributed by atoms with Crippen LogP contribution in [0.2, 0.25) is 0 Å². The summed E-state index contributed by atoms with van der Waals surface area (Å²) in [5.74, 6) is 0.555. The van der Waals surface area contributed by atoms with Crippen molar-refractivity contribution >= 4 is 29.0 Å². The zero-order chi connectivity index (χ0) is 13.0. The van der Waals surface area contributed by atoms with Gasteiger partial charge in [0.15, 0.2) is 0 Å². The van der Waals surface area contributed by atoms with Gasteiger partial charge in [-0.15, -0.1) is 11.3 Å². The fourth-order valence-corrected chi connectivity index (χ4v) is 3.24. The van der Waals surface area contributed by atoms with E-state index in [1.54, 1.807) is 23.1 Å². The molecule has 0 aliphatic rings. The van der Waals surface area contributed by atoms with Crippen molar-refractivity contribution in [2.45, 2.75) is 23.4 Å². The van der Waals surface area contributed by atoms with Gasteiger partial charge in [0.2, 0.25) is 5.91 Å². The van der Waals surface area contributed by atoms with Crippen molar-refractivity contribution < 1.29 is 4.79 Å². The minimum Gasteiger partial charge on any atom is -0.369 e. The van der Waals surface area contributed by atoms with E-state index in [0.717, 1.165) is 15.8 Å². The lowest BCUT2D eigenvalue weighted by Gasteiger charge is -1.99. The summed E-state index contributed by atoms with van der Waals surface area (Å²) >= 11 is 3.24. The highest BCUT2D eigenvalue weighted by atomic mass is 32.2. The lowest BCUT2D eigenvalue weighted by molar-refractivity contribution is -0.117. The molecule has 0 fully saturated rings. The maximum atomic E-state index is 10.8. The second kappa shape index (κ2) is 6.02. The molecule has 2 rings (SSSR count). The fraction of sp³-hybridized carbons (Fsp3) is 0.231. The largest absolute Gasteiger partial charge is 0.369 e. The zero-order valence-electron chi connectivity index (χ0n) is 10.1. The molecule has 0 aliphatic carbocycles. The van der Waals surface area contributed by atoms with Crippen LogP contribution in [0.1, 0.15) is 16.8 Å². The Bertz CT molecular complexity index is 534. The summed E-state index contributed by atoms with van der Waals surface area (Å²) in [5, 5.41) is 1.89. The molecule has 1 aromatic carbocycles. The number of carbonyl (C=O) groups is 1. The van der Waals surface area contributed by atoms with Crippen LogP contribution in [0.5, 0.6) is 0 Å². The minimum absolute atomic E-state index is 0.224. The van der Waals surface area contributed by atoms with Crippen molar-refractivity contribution in [2.24, 2.45) is 5.73 Å². The summed E-state index contributed by atoms with van der Waals surface area (Å²) < 4.78 is 0.979. The molecule has 18 heavy (non-hydrogen) atoms. The molecular formula is C13H14N2OS2. The molecule has 0 bridgehead atoms. The fourth-order valence-electron chi connectivity index (χ4n) is 1.44. The van der Waals surface area contributed by atoms with Gasteiger partial charge >= 0.3 is 0 Å². The molecule has 0 radical (unpaired) electrons. The number of benzene rings is 1. The molecule has 0 spiro atoms. The summed E-state index contributed by atoms with van der Waals surface area (Å²) in [4.78, 5) is 15.1. The summed E-state index contributed by atoms with van der Waals surface area (Å²) in [7, 11) is 0. The van der Waals surface area contributed by atoms with Crippen LogP contribution >= 0.6 is 23.1 Å². The van der Waals surface area contributed by atoms with Gasteiger partial charge in [0, 0.05) is 11.1 Å². The predicted molar refractivity (Wildman–Crippen MR) is 75.8 cm³/mol. The van der Waals surface area contributed by atoms with E-state index in [2.05, 4.69) is 36.2 Å². The van der Waals surface area contributed by atoms with Gasteiger partial charge in [-0.1, -0.05) is 41.6 Å². The molecule has 0 saturated carbocycles. The first-order valence-corrected chi connectivity index (χ1v) is 7.41. The first-order valence-electron chi connectivity index (χ1n) is 5.54. The van der Waals surface area contributed by atoms with Gasteiger partial charge < -0.3 is 5.73 Å². The zero-order valence-corrected chi connectivity index (χ0v) is 11.7. The van der Waals surface area contributed by atoms with Crippen LogP contribution in [0, 0.1) is 6.92 Å². The third kappa shape index (κ3) is 3.85. The molecule has 1 heterocycles. The van der Waals surface area contributed by atoms with E-state index >= 15 is 0 Å². The number of nitrogens with two attached hydrogens (primary N) is 1. The van der Waals surface area contributed by atoms with Crippen LogP contribution in [0.4, 0.5) is 0 Å². The number of nitrogens with zero attached hydrogens (tertiary/aromatic N) is 1. The average Bonchev–Trinajstić information content (AvgIpc) is 2.75. The monoisotopic (exact) mass is 278 g/mol. The molecular weight excluding hydrogens is 264 g/mol. The van der Waals surface area contributed by atoms with Crippen LogP contribution in [0.25, 0.3) is 0 Å². The highest BCUT2D eigenvalue weighted by Gasteiger charge is 2.05. The van der Waals surface area contributed by atoms with E-state index in [1.165, 1.54) is 11.1 Å². The minimum atomic E-state index is -0.338. The Morgan fingerprint density at radius 1 is 1.39 bits per heavy atom. The normalized spacial score (nSPS) is 10.5. The van der Waals surface area contributed by atoms with Gasteiger partial charge in [-0.25, -0.2) is 4.98 Å². The molecule has 0 aliphatic heterocycles. The number of thioether (sulfide) groups is 1. The lowest BCUT2D eigenvalue weighted by atomic mass is 10.2. The third-order valence-corrected chi connectivity index (χ3v) is 4.51. The molecule has 94 valence electrons. The van der Waals surface area contributed by atoms with Crippen LogP contribution < -0.4 is 5.73 Å². The molecule has 1 amide bonds. The number of carbonyl (C=O) groups excluding carboxylic acids is 1. The van der Waals surface area contributed by atoms with Crippen LogP contribution in [-0.2, 0) is 17.0 Å². The van der Waals surface area contributed by atoms with E-state index in [4.69, 9.17) is 5.73 Å². The number of amides is 1. The number of thiazole rings is 1. The summed E-state index contributed by atoms with van der Waals surface area (Å²) in [6.07, 6.45) is 0.224. The van der Waals surface area contributed by atoms with E-state index in [1.807, 2.05) is 5.38 Å². The van der Waals surface area contributed by atoms with E-state index in [9.17, 15) is 4.79 Å². The van der Waals surface area contributed by atoms with Crippen molar-refractivity contribution in [3.8, 4) is 0 Å². The number of primary amides is 1. The first-order chi connectivity index (χ1) is 8.63. The number of hydrogen-bond donors (Lipinski definition) is 1. The van der Waals surface area contributed by atoms with Crippen molar-refractivity contribution in [3.63, 3.8) is 0 Å². The molecule has 5 heteroatoms.